The number of nitrogens with one attached hydrogen (secondary N) is 1. The van der Waals surface area contributed by atoms with Gasteiger partial charge in [0, 0.05) is 10.6 Å². The van der Waals surface area contributed by atoms with Crippen molar-refractivity contribution in [2.75, 3.05) is 5.73 Å². The van der Waals surface area contributed by atoms with E-state index >= 15 is 0 Å². The van der Waals surface area contributed by atoms with Crippen LogP contribution in [0.5, 0.6) is 0 Å². The molecule has 1 aromatic heterocycles. The quantitative estimate of drug-likeness (QED) is 0.851. The van der Waals surface area contributed by atoms with Gasteiger partial charge in [0.05, 0.1) is 17.7 Å². The second kappa shape index (κ2) is 5.77. The Hall–Kier alpha value is -2.02. The van der Waals surface area contributed by atoms with Gasteiger partial charge in [-0.3, -0.25) is 4.79 Å². The van der Waals surface area contributed by atoms with Crippen LogP contribution in [0.15, 0.2) is 29.6 Å². The number of carbonyl (C=O) groups excluding carboxylic acids is 1. The Morgan fingerprint density at radius 1 is 1.33 bits per heavy atom. The number of aryl methyl sites for hydroxylation is 1. The smallest absolute Gasteiger partial charge is 0.398 e. The lowest BCUT2D eigenvalue weighted by Gasteiger charge is -2.11. The fraction of sp³-hybridized carbons (Fsp3) is 0.214. The molecule has 2 rings (SSSR count). The van der Waals surface area contributed by atoms with Crippen molar-refractivity contribution in [1.29, 1.82) is 0 Å². The Kier molecular flexibility index (Phi) is 4.22. The summed E-state index contributed by atoms with van der Waals surface area (Å²) in [5.74, 6) is -0.619. The van der Waals surface area contributed by atoms with Gasteiger partial charge in [0.1, 0.15) is 0 Å². The van der Waals surface area contributed by atoms with E-state index in [2.05, 4.69) is 5.32 Å². The molecule has 0 bridgehead atoms. The number of halogens is 3. The van der Waals surface area contributed by atoms with Crippen LogP contribution in [0.25, 0.3) is 0 Å². The van der Waals surface area contributed by atoms with Crippen molar-refractivity contribution < 1.29 is 18.0 Å². The van der Waals surface area contributed by atoms with Gasteiger partial charge in [0.25, 0.3) is 5.91 Å². The van der Waals surface area contributed by atoms with E-state index in [1.807, 2.05) is 18.4 Å². The molecular weight excluding hydrogens is 301 g/mol. The van der Waals surface area contributed by atoms with E-state index in [-0.39, 0.29) is 17.8 Å². The first kappa shape index (κ1) is 15.4. The zero-order chi connectivity index (χ0) is 15.6. The summed E-state index contributed by atoms with van der Waals surface area (Å²) in [7, 11) is 0. The molecule has 112 valence electrons. The van der Waals surface area contributed by atoms with Gasteiger partial charge in [-0.25, -0.2) is 0 Å². The molecule has 0 saturated carbocycles. The van der Waals surface area contributed by atoms with Crippen LogP contribution < -0.4 is 11.1 Å². The Balaban J connectivity index is 2.17. The monoisotopic (exact) mass is 314 g/mol. The molecule has 1 heterocycles. The van der Waals surface area contributed by atoms with E-state index in [1.165, 1.54) is 11.3 Å². The lowest BCUT2D eigenvalue weighted by atomic mass is 10.1. The highest BCUT2D eigenvalue weighted by Gasteiger charge is 2.31. The Morgan fingerprint density at radius 3 is 2.62 bits per heavy atom. The number of rotatable bonds is 3. The number of hydrogen-bond donors (Lipinski definition) is 2. The van der Waals surface area contributed by atoms with Gasteiger partial charge in [-0.15, -0.1) is 11.3 Å². The molecule has 1 aromatic carbocycles. The number of nitrogen functional groups attached to an aromatic ring is 1. The van der Waals surface area contributed by atoms with Gasteiger partial charge in [-0.2, -0.15) is 13.2 Å². The number of hydrogen-bond acceptors (Lipinski definition) is 3. The predicted molar refractivity (Wildman–Crippen MR) is 76.1 cm³/mol. The minimum atomic E-state index is -4.51. The first-order valence-electron chi connectivity index (χ1n) is 6.07. The number of carbonyl (C=O) groups is 1. The fourth-order valence-electron chi connectivity index (χ4n) is 1.77. The fourth-order valence-corrected chi connectivity index (χ4v) is 2.62. The van der Waals surface area contributed by atoms with Crippen LogP contribution in [0.4, 0.5) is 18.9 Å². The SMILES string of the molecule is Cc1ccsc1CNC(=O)c1cc(C(F)(F)F)ccc1N. The van der Waals surface area contributed by atoms with E-state index < -0.39 is 17.6 Å². The summed E-state index contributed by atoms with van der Waals surface area (Å²) < 4.78 is 38.0. The highest BCUT2D eigenvalue weighted by Crippen LogP contribution is 2.31. The van der Waals surface area contributed by atoms with Crippen LogP contribution in [0, 0.1) is 6.92 Å². The maximum atomic E-state index is 12.7. The second-order valence-corrected chi connectivity index (χ2v) is 5.51. The third-order valence-electron chi connectivity index (χ3n) is 3.00. The lowest BCUT2D eigenvalue weighted by molar-refractivity contribution is -0.137. The molecular formula is C14H13F3N2OS. The van der Waals surface area contributed by atoms with E-state index in [0.717, 1.165) is 28.6 Å². The van der Waals surface area contributed by atoms with Gasteiger partial charge in [0.2, 0.25) is 0 Å². The lowest BCUT2D eigenvalue weighted by Crippen LogP contribution is -2.24. The first-order chi connectivity index (χ1) is 9.79. The summed E-state index contributed by atoms with van der Waals surface area (Å²) in [5, 5.41) is 4.47. The maximum Gasteiger partial charge on any atom is 0.416 e. The van der Waals surface area contributed by atoms with Gasteiger partial charge < -0.3 is 11.1 Å². The first-order valence-corrected chi connectivity index (χ1v) is 6.95. The molecule has 2 aromatic rings. The van der Waals surface area contributed by atoms with Crippen molar-refractivity contribution in [3.8, 4) is 0 Å². The van der Waals surface area contributed by atoms with Gasteiger partial charge >= 0.3 is 6.18 Å². The van der Waals surface area contributed by atoms with Crippen LogP contribution in [0.1, 0.15) is 26.4 Å². The molecule has 0 aliphatic rings. The molecule has 0 radical (unpaired) electrons. The van der Waals surface area contributed by atoms with Crippen molar-refractivity contribution in [1.82, 2.24) is 5.32 Å². The largest absolute Gasteiger partial charge is 0.416 e. The Labute approximate surface area is 123 Å². The van der Waals surface area contributed by atoms with Gasteiger partial charge in [-0.05, 0) is 42.1 Å². The predicted octanol–water partition coefficient (Wildman–Crippen LogP) is 3.59. The summed E-state index contributed by atoms with van der Waals surface area (Å²) in [6.45, 7) is 2.16. The maximum absolute atomic E-state index is 12.7. The molecule has 0 unspecified atom stereocenters. The standard InChI is InChI=1S/C14H13F3N2OS/c1-8-4-5-21-12(8)7-19-13(20)10-6-9(14(15,16)17)2-3-11(10)18/h2-6H,7,18H2,1H3,(H,19,20). The number of anilines is 1. The summed E-state index contributed by atoms with van der Waals surface area (Å²) in [5.41, 5.74) is 5.57. The average Bonchev–Trinajstić information content (AvgIpc) is 2.80. The van der Waals surface area contributed by atoms with Crippen LogP contribution in [0.3, 0.4) is 0 Å². The Morgan fingerprint density at radius 2 is 2.05 bits per heavy atom. The molecule has 0 spiro atoms. The molecule has 0 aliphatic carbocycles. The molecule has 7 heteroatoms. The zero-order valence-corrected chi connectivity index (χ0v) is 11.9. The van der Waals surface area contributed by atoms with Crippen molar-refractivity contribution in [3.63, 3.8) is 0 Å². The molecule has 21 heavy (non-hydrogen) atoms. The molecule has 0 fully saturated rings. The van der Waals surface area contributed by atoms with Crippen molar-refractivity contribution in [2.24, 2.45) is 0 Å². The van der Waals surface area contributed by atoms with Gasteiger partial charge in [-0.1, -0.05) is 0 Å². The summed E-state index contributed by atoms with van der Waals surface area (Å²) >= 11 is 1.47. The summed E-state index contributed by atoms with van der Waals surface area (Å²) in [4.78, 5) is 13.0. The van der Waals surface area contributed by atoms with Crippen molar-refractivity contribution in [3.05, 3.63) is 51.2 Å². The van der Waals surface area contributed by atoms with Crippen LogP contribution in [-0.4, -0.2) is 5.91 Å². The van der Waals surface area contributed by atoms with E-state index in [1.54, 1.807) is 0 Å². The topological polar surface area (TPSA) is 55.1 Å². The normalized spacial score (nSPS) is 11.4. The van der Waals surface area contributed by atoms with E-state index in [9.17, 15) is 18.0 Å². The third kappa shape index (κ3) is 3.55. The highest BCUT2D eigenvalue weighted by molar-refractivity contribution is 7.10. The van der Waals surface area contributed by atoms with Gasteiger partial charge in [0.15, 0.2) is 0 Å². The highest BCUT2D eigenvalue weighted by atomic mass is 32.1. The molecule has 0 saturated heterocycles. The average molecular weight is 314 g/mol. The molecule has 3 nitrogen and oxygen atoms in total. The van der Waals surface area contributed by atoms with Crippen molar-refractivity contribution >= 4 is 22.9 Å². The third-order valence-corrected chi connectivity index (χ3v) is 4.03. The van der Waals surface area contributed by atoms with E-state index in [0.29, 0.717) is 0 Å². The molecule has 0 aliphatic heterocycles. The van der Waals surface area contributed by atoms with E-state index in [4.69, 9.17) is 5.73 Å². The number of amides is 1. The number of thiophene rings is 1. The molecule has 3 N–H and O–H groups in total. The zero-order valence-electron chi connectivity index (χ0n) is 11.1. The Bertz CT molecular complexity index is 664. The van der Waals surface area contributed by atoms with Crippen LogP contribution in [0.2, 0.25) is 0 Å². The summed E-state index contributed by atoms with van der Waals surface area (Å²) in [6, 6.07) is 4.63. The number of alkyl halides is 3. The second-order valence-electron chi connectivity index (χ2n) is 4.51. The minimum Gasteiger partial charge on any atom is -0.398 e. The number of benzene rings is 1. The number of nitrogens with two attached hydrogens (primary N) is 1. The van der Waals surface area contributed by atoms with Crippen LogP contribution in [-0.2, 0) is 12.7 Å². The molecule has 1 amide bonds. The minimum absolute atomic E-state index is 0.0170. The molecule has 0 atom stereocenters. The summed E-state index contributed by atoms with van der Waals surface area (Å²) in [6.07, 6.45) is -4.51. The van der Waals surface area contributed by atoms with Crippen LogP contribution >= 0.6 is 11.3 Å². The van der Waals surface area contributed by atoms with Crippen molar-refractivity contribution in [2.45, 2.75) is 19.6 Å².